The molecule has 0 aromatic rings. The molecule has 0 fully saturated rings. The SMILES string of the molecule is CCCCCCCCCCC/C=C\C/C=C\CCCCCCCCCCCCC(O)C(=O)NC(CO)C(O)C(O)CCC/C=C/CC/C=C/CCCCCCCCCCCCCCCC. The molecule has 0 radical (unpaired) electrons. The molecule has 0 aliphatic carbocycles. The molecule has 4 atom stereocenters. The van der Waals surface area contributed by atoms with E-state index in [0.29, 0.717) is 19.3 Å². The minimum absolute atomic E-state index is 0.356. The Morgan fingerprint density at radius 2 is 0.692 bits per heavy atom. The van der Waals surface area contributed by atoms with Gasteiger partial charge in [-0.1, -0.05) is 255 Å². The number of carbonyl (C=O) groups is 1. The molecule has 5 N–H and O–H groups in total. The van der Waals surface area contributed by atoms with Crippen molar-refractivity contribution in [2.45, 2.75) is 314 Å². The van der Waals surface area contributed by atoms with Gasteiger partial charge in [-0.3, -0.25) is 4.79 Å². The van der Waals surface area contributed by atoms with E-state index in [1.54, 1.807) is 0 Å². The lowest BCUT2D eigenvalue weighted by Crippen LogP contribution is -2.53. The molecule has 0 heterocycles. The standard InChI is InChI=1S/C59H111NO5/c1-3-5-7-9-11-13-15-17-19-21-23-25-27-28-29-31-33-35-37-39-41-43-45-47-49-51-53-57(63)59(65)60-55(54-61)58(64)56(62)52-50-48-46-44-42-40-38-36-34-32-30-26-24-22-20-18-16-14-12-10-8-6-4-2/h23,25,28-29,36,38,44,46,55-58,61-64H,3-22,24,26-27,30-35,37,39-43,45,47-54H2,1-2H3,(H,60,65)/b25-23-,29-28-,38-36+,46-44+. The highest BCUT2D eigenvalue weighted by Crippen LogP contribution is 2.17. The highest BCUT2D eigenvalue weighted by Gasteiger charge is 2.28. The van der Waals surface area contributed by atoms with E-state index in [2.05, 4.69) is 67.8 Å². The lowest BCUT2D eigenvalue weighted by Gasteiger charge is -2.27. The fourth-order valence-electron chi connectivity index (χ4n) is 8.75. The predicted molar refractivity (Wildman–Crippen MR) is 283 cm³/mol. The number of aliphatic hydroxyl groups excluding tert-OH is 4. The Kier molecular flexibility index (Phi) is 51.8. The maximum absolute atomic E-state index is 12.6. The first kappa shape index (κ1) is 63.3. The third-order valence-corrected chi connectivity index (χ3v) is 13.2. The van der Waals surface area contributed by atoms with E-state index in [-0.39, 0.29) is 0 Å². The fraction of sp³-hybridized carbons (Fsp3) is 0.847. The molecule has 0 aromatic heterocycles. The third kappa shape index (κ3) is 47.1. The lowest BCUT2D eigenvalue weighted by molar-refractivity contribution is -0.132. The van der Waals surface area contributed by atoms with Gasteiger partial charge in [-0.15, -0.1) is 0 Å². The molecule has 0 bridgehead atoms. The van der Waals surface area contributed by atoms with Crippen molar-refractivity contribution in [2.24, 2.45) is 0 Å². The molecule has 65 heavy (non-hydrogen) atoms. The molecule has 0 spiro atoms. The van der Waals surface area contributed by atoms with Gasteiger partial charge >= 0.3 is 0 Å². The quantitative estimate of drug-likeness (QED) is 0.0308. The van der Waals surface area contributed by atoms with Crippen molar-refractivity contribution in [3.63, 3.8) is 0 Å². The first-order valence-electron chi connectivity index (χ1n) is 28.5. The lowest BCUT2D eigenvalue weighted by atomic mass is 10.00. The van der Waals surface area contributed by atoms with Crippen molar-refractivity contribution in [1.29, 1.82) is 0 Å². The Hall–Kier alpha value is -1.73. The summed E-state index contributed by atoms with van der Waals surface area (Å²) in [4.78, 5) is 12.6. The molecular formula is C59H111NO5. The van der Waals surface area contributed by atoms with Crippen LogP contribution in [0.3, 0.4) is 0 Å². The van der Waals surface area contributed by atoms with Gasteiger partial charge in [0.1, 0.15) is 12.2 Å². The van der Waals surface area contributed by atoms with Crippen molar-refractivity contribution >= 4 is 5.91 Å². The Bertz CT molecular complexity index is 1070. The second-order valence-corrected chi connectivity index (χ2v) is 19.6. The summed E-state index contributed by atoms with van der Waals surface area (Å²) in [7, 11) is 0. The molecule has 0 aromatic carbocycles. The van der Waals surface area contributed by atoms with Gasteiger partial charge in [-0.2, -0.15) is 0 Å². The zero-order valence-electron chi connectivity index (χ0n) is 43.2. The van der Waals surface area contributed by atoms with Crippen LogP contribution in [0.25, 0.3) is 0 Å². The summed E-state index contributed by atoms with van der Waals surface area (Å²) in [5, 5.41) is 44.0. The van der Waals surface area contributed by atoms with E-state index in [1.165, 1.54) is 212 Å². The van der Waals surface area contributed by atoms with Crippen LogP contribution in [0.2, 0.25) is 0 Å². The van der Waals surface area contributed by atoms with E-state index in [1.807, 2.05) is 0 Å². The summed E-state index contributed by atoms with van der Waals surface area (Å²) in [6, 6.07) is -1.01. The van der Waals surface area contributed by atoms with Gasteiger partial charge in [-0.25, -0.2) is 0 Å². The number of unbranched alkanes of at least 4 members (excludes halogenated alkanes) is 35. The average Bonchev–Trinajstić information content (AvgIpc) is 3.31. The Morgan fingerprint density at radius 1 is 0.385 bits per heavy atom. The number of allylic oxidation sites excluding steroid dienone is 8. The first-order valence-corrected chi connectivity index (χ1v) is 28.5. The van der Waals surface area contributed by atoms with E-state index in [4.69, 9.17) is 0 Å². The van der Waals surface area contributed by atoms with Crippen LogP contribution in [-0.2, 0) is 4.79 Å². The summed E-state index contributed by atoms with van der Waals surface area (Å²) in [6.07, 6.45) is 67.5. The van der Waals surface area contributed by atoms with E-state index in [0.717, 1.165) is 44.9 Å². The summed E-state index contributed by atoms with van der Waals surface area (Å²) >= 11 is 0. The summed E-state index contributed by atoms with van der Waals surface area (Å²) in [6.45, 7) is 4.06. The molecule has 0 saturated heterocycles. The minimum Gasteiger partial charge on any atom is -0.394 e. The number of amides is 1. The number of carbonyl (C=O) groups excluding carboxylic acids is 1. The molecular weight excluding hydrogens is 803 g/mol. The van der Waals surface area contributed by atoms with Crippen molar-refractivity contribution in [1.82, 2.24) is 5.32 Å². The minimum atomic E-state index is -1.29. The average molecular weight is 915 g/mol. The largest absolute Gasteiger partial charge is 0.394 e. The second-order valence-electron chi connectivity index (χ2n) is 19.6. The van der Waals surface area contributed by atoms with Crippen LogP contribution in [0.4, 0.5) is 0 Å². The van der Waals surface area contributed by atoms with Crippen LogP contribution in [0.5, 0.6) is 0 Å². The smallest absolute Gasteiger partial charge is 0.249 e. The number of rotatable bonds is 52. The second kappa shape index (κ2) is 53.2. The molecule has 6 heteroatoms. The normalized spacial score (nSPS) is 14.1. The maximum Gasteiger partial charge on any atom is 0.249 e. The van der Waals surface area contributed by atoms with Gasteiger partial charge < -0.3 is 25.7 Å². The zero-order valence-corrected chi connectivity index (χ0v) is 43.2. The summed E-state index contributed by atoms with van der Waals surface area (Å²) < 4.78 is 0. The van der Waals surface area contributed by atoms with Crippen molar-refractivity contribution in [3.05, 3.63) is 48.6 Å². The zero-order chi connectivity index (χ0) is 47.4. The van der Waals surface area contributed by atoms with Crippen LogP contribution in [-0.4, -0.2) is 57.3 Å². The monoisotopic (exact) mass is 914 g/mol. The summed E-state index contributed by atoms with van der Waals surface area (Å²) in [5.74, 6) is -0.598. The first-order chi connectivity index (χ1) is 32.0. The molecule has 4 unspecified atom stereocenters. The van der Waals surface area contributed by atoms with Crippen LogP contribution in [0, 0.1) is 0 Å². The molecule has 0 saturated carbocycles. The van der Waals surface area contributed by atoms with Crippen molar-refractivity contribution in [3.8, 4) is 0 Å². The van der Waals surface area contributed by atoms with Gasteiger partial charge in [0.2, 0.25) is 5.91 Å². The summed E-state index contributed by atoms with van der Waals surface area (Å²) in [5.41, 5.74) is 0. The van der Waals surface area contributed by atoms with Gasteiger partial charge in [0.25, 0.3) is 0 Å². The van der Waals surface area contributed by atoms with Crippen molar-refractivity contribution in [2.75, 3.05) is 6.61 Å². The number of hydrogen-bond donors (Lipinski definition) is 5. The Labute approximate surface area is 404 Å². The molecule has 0 rings (SSSR count). The van der Waals surface area contributed by atoms with Gasteiger partial charge in [0.05, 0.1) is 18.8 Å². The van der Waals surface area contributed by atoms with Crippen LogP contribution >= 0.6 is 0 Å². The van der Waals surface area contributed by atoms with Crippen LogP contribution in [0.1, 0.15) is 290 Å². The van der Waals surface area contributed by atoms with E-state index >= 15 is 0 Å². The Morgan fingerprint density at radius 3 is 1.06 bits per heavy atom. The van der Waals surface area contributed by atoms with Crippen molar-refractivity contribution < 1.29 is 25.2 Å². The van der Waals surface area contributed by atoms with Gasteiger partial charge in [-0.05, 0) is 83.5 Å². The van der Waals surface area contributed by atoms with Gasteiger partial charge in [0.15, 0.2) is 0 Å². The molecule has 1 amide bonds. The topological polar surface area (TPSA) is 110 Å². The van der Waals surface area contributed by atoms with E-state index in [9.17, 15) is 25.2 Å². The number of aliphatic hydroxyl groups is 4. The predicted octanol–water partition coefficient (Wildman–Crippen LogP) is 16.6. The fourth-order valence-corrected chi connectivity index (χ4v) is 8.75. The molecule has 382 valence electrons. The van der Waals surface area contributed by atoms with Gasteiger partial charge in [0, 0.05) is 0 Å². The highest BCUT2D eigenvalue weighted by atomic mass is 16.3. The van der Waals surface area contributed by atoms with Crippen LogP contribution in [0.15, 0.2) is 48.6 Å². The van der Waals surface area contributed by atoms with E-state index < -0.39 is 36.9 Å². The maximum atomic E-state index is 12.6. The number of nitrogens with one attached hydrogen (secondary N) is 1. The highest BCUT2D eigenvalue weighted by molar-refractivity contribution is 5.80. The number of hydrogen-bond acceptors (Lipinski definition) is 5. The van der Waals surface area contributed by atoms with Crippen LogP contribution < -0.4 is 5.32 Å². The molecule has 6 nitrogen and oxygen atoms in total. The third-order valence-electron chi connectivity index (χ3n) is 13.2. The molecule has 0 aliphatic heterocycles. The Balaban J connectivity index is 3.70. The molecule has 0 aliphatic rings.